The van der Waals surface area contributed by atoms with E-state index in [-0.39, 0.29) is 30.4 Å². The fourth-order valence-corrected chi connectivity index (χ4v) is 5.17. The predicted octanol–water partition coefficient (Wildman–Crippen LogP) is 4.43. The van der Waals surface area contributed by atoms with E-state index >= 15 is 0 Å². The smallest absolute Gasteiger partial charge is 0.357 e. The lowest BCUT2D eigenvalue weighted by atomic mass is 10.2. The van der Waals surface area contributed by atoms with Crippen LogP contribution in [0.1, 0.15) is 55.7 Å². The van der Waals surface area contributed by atoms with Crippen LogP contribution in [0.5, 0.6) is 0 Å². The van der Waals surface area contributed by atoms with Crippen LogP contribution in [0.25, 0.3) is 5.65 Å². The van der Waals surface area contributed by atoms with Crippen molar-refractivity contribution in [3.05, 3.63) is 87.2 Å². The quantitative estimate of drug-likeness (QED) is 0.344. The molecule has 184 valence electrons. The maximum absolute atomic E-state index is 13.6. The molecule has 1 aliphatic heterocycles. The molecular formula is C25H21ClN4O5S. The average Bonchev–Trinajstić information content (AvgIpc) is 3.62. The molecule has 0 N–H and O–H groups in total. The van der Waals surface area contributed by atoms with Crippen molar-refractivity contribution in [2.24, 2.45) is 0 Å². The fraction of sp³-hybridized carbons (Fsp3) is 0.240. The Bertz CT molecular complexity index is 1440. The van der Waals surface area contributed by atoms with Gasteiger partial charge in [0.2, 0.25) is 0 Å². The molecule has 0 bridgehead atoms. The number of hydrogen-bond donors (Lipinski definition) is 0. The number of ether oxygens (including phenoxy) is 2. The molecule has 0 unspecified atom stereocenters. The first kappa shape index (κ1) is 24.0. The zero-order valence-electron chi connectivity index (χ0n) is 19.2. The van der Waals surface area contributed by atoms with E-state index in [0.717, 1.165) is 0 Å². The van der Waals surface area contributed by atoms with Gasteiger partial charge < -0.3 is 18.8 Å². The second-order valence-electron chi connectivity index (χ2n) is 8.13. The van der Waals surface area contributed by atoms with Crippen LogP contribution in [0, 0.1) is 0 Å². The molecule has 36 heavy (non-hydrogen) atoms. The molecule has 1 amide bonds. The van der Waals surface area contributed by atoms with E-state index in [2.05, 4.69) is 9.97 Å². The van der Waals surface area contributed by atoms with Gasteiger partial charge in [0.25, 0.3) is 5.91 Å². The molecule has 2 atom stereocenters. The van der Waals surface area contributed by atoms with Crippen LogP contribution < -0.4 is 0 Å². The van der Waals surface area contributed by atoms with Crippen molar-refractivity contribution in [2.45, 2.75) is 25.5 Å². The van der Waals surface area contributed by atoms with Gasteiger partial charge >= 0.3 is 11.9 Å². The van der Waals surface area contributed by atoms with Crippen molar-refractivity contribution in [2.75, 3.05) is 13.2 Å². The summed E-state index contributed by atoms with van der Waals surface area (Å²) in [5.41, 5.74) is 1.40. The number of likely N-dealkylation sites (tertiary alicyclic amines) is 1. The van der Waals surface area contributed by atoms with E-state index in [9.17, 15) is 14.4 Å². The summed E-state index contributed by atoms with van der Waals surface area (Å²) in [4.78, 5) is 48.9. The van der Waals surface area contributed by atoms with E-state index in [1.807, 2.05) is 6.07 Å². The van der Waals surface area contributed by atoms with E-state index in [4.69, 9.17) is 21.1 Å². The summed E-state index contributed by atoms with van der Waals surface area (Å²) in [6, 6.07) is 11.6. The largest absolute Gasteiger partial charge is 0.461 e. The summed E-state index contributed by atoms with van der Waals surface area (Å²) in [7, 11) is 0. The van der Waals surface area contributed by atoms with Gasteiger partial charge in [0, 0.05) is 24.2 Å². The molecule has 1 aromatic carbocycles. The number of fused-ring (bicyclic) bond motifs is 1. The van der Waals surface area contributed by atoms with Crippen molar-refractivity contribution in [3.8, 4) is 0 Å². The molecule has 0 aliphatic carbocycles. The van der Waals surface area contributed by atoms with Gasteiger partial charge in [0.1, 0.15) is 22.5 Å². The van der Waals surface area contributed by atoms with Gasteiger partial charge in [-0.2, -0.15) is 0 Å². The number of hydrogen-bond acceptors (Lipinski definition) is 8. The number of imidazole rings is 1. The molecule has 11 heteroatoms. The lowest BCUT2D eigenvalue weighted by molar-refractivity contribution is 0.0314. The van der Waals surface area contributed by atoms with Crippen LogP contribution in [0.3, 0.4) is 0 Å². The fourth-order valence-electron chi connectivity index (χ4n) is 4.09. The summed E-state index contributed by atoms with van der Waals surface area (Å²) in [6.45, 7) is 2.11. The van der Waals surface area contributed by atoms with E-state index < -0.39 is 24.1 Å². The number of halogens is 1. The Labute approximate surface area is 215 Å². The Balaban J connectivity index is 1.43. The summed E-state index contributed by atoms with van der Waals surface area (Å²) in [5.74, 6) is -1.34. The van der Waals surface area contributed by atoms with Crippen LogP contribution in [0.2, 0.25) is 5.02 Å². The number of thiazole rings is 1. The zero-order chi connectivity index (χ0) is 25.2. The third-order valence-electron chi connectivity index (χ3n) is 5.73. The monoisotopic (exact) mass is 524 g/mol. The minimum atomic E-state index is -0.562. The number of carbonyl (C=O) groups excluding carboxylic acids is 3. The first-order chi connectivity index (χ1) is 17.4. The highest BCUT2D eigenvalue weighted by Gasteiger charge is 2.41. The second kappa shape index (κ2) is 10.1. The standard InChI is InChI=1S/C25H21ClN4O5S/c1-2-34-25(33)19-14-36-22(28-19)20-10-17(35-24(32)15-6-4-3-5-7-15)12-30(20)23(31)18-13-29-11-16(26)8-9-21(29)27-18/h3-9,11,13-14,17,20H,2,10,12H2,1H3/t17-,20+/m0/s1. The van der Waals surface area contributed by atoms with Crippen LogP contribution in [0.15, 0.2) is 60.2 Å². The van der Waals surface area contributed by atoms with Crippen LogP contribution in [-0.4, -0.2) is 56.4 Å². The number of esters is 2. The lowest BCUT2D eigenvalue weighted by Crippen LogP contribution is -2.32. The zero-order valence-corrected chi connectivity index (χ0v) is 20.7. The Morgan fingerprint density at radius 2 is 1.86 bits per heavy atom. The normalized spacial score (nSPS) is 17.3. The summed E-state index contributed by atoms with van der Waals surface area (Å²) in [6.07, 6.45) is 3.04. The van der Waals surface area contributed by atoms with Crippen LogP contribution >= 0.6 is 22.9 Å². The highest BCUT2D eigenvalue weighted by molar-refractivity contribution is 7.09. The lowest BCUT2D eigenvalue weighted by Gasteiger charge is -2.21. The molecule has 3 aromatic heterocycles. The Morgan fingerprint density at radius 1 is 1.06 bits per heavy atom. The molecule has 4 heterocycles. The van der Waals surface area contributed by atoms with E-state index in [1.165, 1.54) is 11.3 Å². The minimum Gasteiger partial charge on any atom is -0.461 e. The number of carbonyl (C=O) groups is 3. The molecule has 1 fully saturated rings. The Hall–Kier alpha value is -3.76. The Kier molecular flexibility index (Phi) is 6.71. The first-order valence-electron chi connectivity index (χ1n) is 11.3. The first-order valence-corrected chi connectivity index (χ1v) is 12.5. The molecular weight excluding hydrogens is 504 g/mol. The molecule has 4 aromatic rings. The van der Waals surface area contributed by atoms with Gasteiger partial charge in [0.15, 0.2) is 5.69 Å². The van der Waals surface area contributed by atoms with Crippen molar-refractivity contribution in [1.29, 1.82) is 0 Å². The maximum atomic E-state index is 13.6. The van der Waals surface area contributed by atoms with E-state index in [1.54, 1.807) is 70.4 Å². The van der Waals surface area contributed by atoms with Gasteiger partial charge in [-0.15, -0.1) is 11.3 Å². The minimum absolute atomic E-state index is 0.158. The number of rotatable bonds is 6. The summed E-state index contributed by atoms with van der Waals surface area (Å²) < 4.78 is 12.5. The van der Waals surface area contributed by atoms with Crippen molar-refractivity contribution in [1.82, 2.24) is 19.3 Å². The predicted molar refractivity (Wildman–Crippen MR) is 132 cm³/mol. The SMILES string of the molecule is CCOC(=O)c1csc([C@H]2C[C@H](OC(=O)c3ccccc3)CN2C(=O)c2cn3cc(Cl)ccc3n2)n1. The maximum Gasteiger partial charge on any atom is 0.357 e. The molecule has 0 spiro atoms. The third kappa shape index (κ3) is 4.82. The third-order valence-corrected chi connectivity index (χ3v) is 6.90. The highest BCUT2D eigenvalue weighted by Crippen LogP contribution is 2.36. The summed E-state index contributed by atoms with van der Waals surface area (Å²) in [5, 5.41) is 2.67. The molecule has 5 rings (SSSR count). The number of benzene rings is 1. The van der Waals surface area contributed by atoms with Gasteiger partial charge in [-0.05, 0) is 31.2 Å². The topological polar surface area (TPSA) is 103 Å². The number of pyridine rings is 1. The second-order valence-corrected chi connectivity index (χ2v) is 9.46. The molecule has 1 aliphatic rings. The molecule has 9 nitrogen and oxygen atoms in total. The van der Waals surface area contributed by atoms with Crippen LogP contribution in [0.4, 0.5) is 0 Å². The van der Waals surface area contributed by atoms with Crippen LogP contribution in [-0.2, 0) is 9.47 Å². The number of aromatic nitrogens is 3. The molecule has 0 saturated carbocycles. The van der Waals surface area contributed by atoms with Gasteiger partial charge in [-0.25, -0.2) is 19.6 Å². The molecule has 1 saturated heterocycles. The highest BCUT2D eigenvalue weighted by atomic mass is 35.5. The van der Waals surface area contributed by atoms with Crippen molar-refractivity contribution >= 4 is 46.4 Å². The number of amides is 1. The van der Waals surface area contributed by atoms with Gasteiger partial charge in [-0.1, -0.05) is 29.8 Å². The average molecular weight is 525 g/mol. The van der Waals surface area contributed by atoms with Crippen molar-refractivity contribution < 1.29 is 23.9 Å². The molecule has 0 radical (unpaired) electrons. The van der Waals surface area contributed by atoms with Crippen molar-refractivity contribution in [3.63, 3.8) is 0 Å². The Morgan fingerprint density at radius 3 is 2.64 bits per heavy atom. The summed E-state index contributed by atoms with van der Waals surface area (Å²) >= 11 is 7.32. The van der Waals surface area contributed by atoms with Gasteiger partial charge in [-0.3, -0.25) is 4.79 Å². The number of nitrogens with zero attached hydrogens (tertiary/aromatic N) is 4. The van der Waals surface area contributed by atoms with Gasteiger partial charge in [0.05, 0.1) is 29.8 Å². The van der Waals surface area contributed by atoms with E-state index in [0.29, 0.717) is 27.7 Å².